The fourth-order valence-electron chi connectivity index (χ4n) is 2.23. The van der Waals surface area contributed by atoms with Crippen LogP contribution in [0.3, 0.4) is 0 Å². The van der Waals surface area contributed by atoms with Gasteiger partial charge < -0.3 is 4.74 Å². The molecule has 0 aliphatic heterocycles. The van der Waals surface area contributed by atoms with E-state index in [9.17, 15) is 0 Å². The quantitative estimate of drug-likeness (QED) is 0.795. The first-order valence-electron chi connectivity index (χ1n) is 6.73. The molecule has 5 nitrogen and oxygen atoms in total. The van der Waals surface area contributed by atoms with Gasteiger partial charge in [0.05, 0.1) is 5.69 Å². The molecule has 0 saturated heterocycles. The van der Waals surface area contributed by atoms with Crippen LogP contribution in [0.4, 0.5) is 0 Å². The van der Waals surface area contributed by atoms with Gasteiger partial charge in [0.25, 0.3) is 0 Å². The van der Waals surface area contributed by atoms with Crippen LogP contribution in [0.15, 0.2) is 6.07 Å². The summed E-state index contributed by atoms with van der Waals surface area (Å²) in [6, 6.07) is 1.72. The van der Waals surface area contributed by atoms with E-state index in [0.29, 0.717) is 30.0 Å². The van der Waals surface area contributed by atoms with E-state index in [1.807, 2.05) is 25.5 Å². The van der Waals surface area contributed by atoms with Crippen LogP contribution in [0.1, 0.15) is 36.6 Å². The van der Waals surface area contributed by atoms with Gasteiger partial charge in [-0.1, -0.05) is 18.5 Å². The molecule has 0 amide bonds. The topological polar surface area (TPSA) is 52.8 Å². The molecule has 2 rings (SSSR count). The lowest BCUT2D eigenvalue weighted by Gasteiger charge is -2.07. The Morgan fingerprint density at radius 3 is 2.60 bits per heavy atom. The SMILES string of the molecule is CCOCc1nc(Cl)cc(-n2nc(C)c(CC)c2C)n1. The summed E-state index contributed by atoms with van der Waals surface area (Å²) in [7, 11) is 0. The third kappa shape index (κ3) is 2.99. The van der Waals surface area contributed by atoms with E-state index in [2.05, 4.69) is 22.0 Å². The summed E-state index contributed by atoms with van der Waals surface area (Å²) < 4.78 is 7.15. The molecule has 2 heterocycles. The highest BCUT2D eigenvalue weighted by Crippen LogP contribution is 2.19. The maximum absolute atomic E-state index is 6.06. The van der Waals surface area contributed by atoms with Crippen LogP contribution in [0.5, 0.6) is 0 Å². The number of aromatic nitrogens is 4. The summed E-state index contributed by atoms with van der Waals surface area (Å²) in [5.41, 5.74) is 3.35. The lowest BCUT2D eigenvalue weighted by Crippen LogP contribution is -2.07. The summed E-state index contributed by atoms with van der Waals surface area (Å²) in [5, 5.41) is 4.94. The molecule has 0 spiro atoms. The molecule has 0 aliphatic carbocycles. The molecule has 0 N–H and O–H groups in total. The predicted octanol–water partition coefficient (Wildman–Crippen LogP) is 3.03. The van der Waals surface area contributed by atoms with E-state index in [4.69, 9.17) is 16.3 Å². The molecule has 0 bridgehead atoms. The zero-order valence-corrected chi connectivity index (χ0v) is 13.0. The molecular weight excluding hydrogens is 276 g/mol. The highest BCUT2D eigenvalue weighted by atomic mass is 35.5. The van der Waals surface area contributed by atoms with E-state index < -0.39 is 0 Å². The summed E-state index contributed by atoms with van der Waals surface area (Å²) in [6.07, 6.45) is 0.947. The van der Waals surface area contributed by atoms with Crippen LogP contribution in [0.2, 0.25) is 5.15 Å². The van der Waals surface area contributed by atoms with Gasteiger partial charge in [-0.25, -0.2) is 14.6 Å². The van der Waals surface area contributed by atoms with E-state index in [1.54, 1.807) is 6.07 Å². The molecule has 0 atom stereocenters. The number of halogens is 1. The average Bonchev–Trinajstić information content (AvgIpc) is 2.70. The first-order valence-corrected chi connectivity index (χ1v) is 7.11. The molecule has 108 valence electrons. The summed E-state index contributed by atoms with van der Waals surface area (Å²) >= 11 is 6.06. The minimum absolute atomic E-state index is 0.351. The number of nitrogens with zero attached hydrogens (tertiary/aromatic N) is 4. The van der Waals surface area contributed by atoms with Gasteiger partial charge in [-0.15, -0.1) is 0 Å². The van der Waals surface area contributed by atoms with Crippen molar-refractivity contribution in [3.63, 3.8) is 0 Å². The molecule has 2 aromatic heterocycles. The first-order chi connectivity index (χ1) is 9.56. The van der Waals surface area contributed by atoms with Crippen molar-refractivity contribution >= 4 is 11.6 Å². The number of hydrogen-bond acceptors (Lipinski definition) is 4. The van der Waals surface area contributed by atoms with Gasteiger partial charge in [-0.2, -0.15) is 5.10 Å². The van der Waals surface area contributed by atoms with Gasteiger partial charge in [0.1, 0.15) is 11.8 Å². The molecule has 0 saturated carbocycles. The average molecular weight is 295 g/mol. The second kappa shape index (κ2) is 6.33. The fraction of sp³-hybridized carbons (Fsp3) is 0.500. The minimum atomic E-state index is 0.351. The van der Waals surface area contributed by atoms with Gasteiger partial charge in [0.2, 0.25) is 0 Å². The van der Waals surface area contributed by atoms with Gasteiger partial charge in [0, 0.05) is 18.4 Å². The summed E-state index contributed by atoms with van der Waals surface area (Å²) in [4.78, 5) is 8.63. The standard InChI is InChI=1S/C14H19ClN4O/c1-5-11-9(3)18-19(10(11)4)14-7-12(15)16-13(17-14)8-20-6-2/h7H,5-6,8H2,1-4H3. The largest absolute Gasteiger partial charge is 0.374 e. The molecule has 20 heavy (non-hydrogen) atoms. The summed E-state index contributed by atoms with van der Waals surface area (Å²) in [5.74, 6) is 1.25. The smallest absolute Gasteiger partial charge is 0.158 e. The highest BCUT2D eigenvalue weighted by Gasteiger charge is 2.13. The van der Waals surface area contributed by atoms with Crippen molar-refractivity contribution in [2.75, 3.05) is 6.61 Å². The van der Waals surface area contributed by atoms with Gasteiger partial charge in [-0.3, -0.25) is 0 Å². The third-order valence-corrected chi connectivity index (χ3v) is 3.37. The number of aryl methyl sites for hydroxylation is 1. The Labute approximate surface area is 124 Å². The van der Waals surface area contributed by atoms with Crippen LogP contribution in [-0.4, -0.2) is 26.4 Å². The van der Waals surface area contributed by atoms with Gasteiger partial charge in [-0.05, 0) is 32.8 Å². The van der Waals surface area contributed by atoms with Crippen LogP contribution >= 0.6 is 11.6 Å². The molecule has 6 heteroatoms. The first kappa shape index (κ1) is 14.9. The van der Waals surface area contributed by atoms with Crippen LogP contribution in [0.25, 0.3) is 5.82 Å². The van der Waals surface area contributed by atoms with Gasteiger partial charge in [0.15, 0.2) is 11.6 Å². The van der Waals surface area contributed by atoms with Crippen LogP contribution in [0, 0.1) is 13.8 Å². The number of rotatable bonds is 5. The maximum atomic E-state index is 6.06. The molecule has 0 fully saturated rings. The van der Waals surface area contributed by atoms with E-state index >= 15 is 0 Å². The monoisotopic (exact) mass is 294 g/mol. The van der Waals surface area contributed by atoms with Crippen LogP contribution in [-0.2, 0) is 17.8 Å². The van der Waals surface area contributed by atoms with Gasteiger partial charge >= 0.3 is 0 Å². The minimum Gasteiger partial charge on any atom is -0.374 e. The van der Waals surface area contributed by atoms with Crippen molar-refractivity contribution in [3.8, 4) is 5.82 Å². The van der Waals surface area contributed by atoms with Crippen molar-refractivity contribution in [1.82, 2.24) is 19.7 Å². The van der Waals surface area contributed by atoms with E-state index in [-0.39, 0.29) is 0 Å². The predicted molar refractivity (Wildman–Crippen MR) is 78.3 cm³/mol. The highest BCUT2D eigenvalue weighted by molar-refractivity contribution is 6.29. The number of ether oxygens (including phenoxy) is 1. The van der Waals surface area contributed by atoms with Crippen molar-refractivity contribution in [2.45, 2.75) is 40.7 Å². The van der Waals surface area contributed by atoms with Crippen LogP contribution < -0.4 is 0 Å². The Balaban J connectivity index is 2.44. The Morgan fingerprint density at radius 1 is 1.25 bits per heavy atom. The Morgan fingerprint density at radius 2 is 2.00 bits per heavy atom. The normalized spacial score (nSPS) is 11.1. The maximum Gasteiger partial charge on any atom is 0.158 e. The second-order valence-corrected chi connectivity index (χ2v) is 4.90. The fourth-order valence-corrected chi connectivity index (χ4v) is 2.42. The molecule has 0 aromatic carbocycles. The molecular formula is C14H19ClN4O. The summed E-state index contributed by atoms with van der Waals surface area (Å²) in [6.45, 7) is 9.06. The van der Waals surface area contributed by atoms with E-state index in [1.165, 1.54) is 5.56 Å². The van der Waals surface area contributed by atoms with E-state index in [0.717, 1.165) is 17.8 Å². The molecule has 0 aliphatic rings. The molecule has 0 unspecified atom stereocenters. The molecule has 0 radical (unpaired) electrons. The Kier molecular flexibility index (Phi) is 4.73. The van der Waals surface area contributed by atoms with Crippen molar-refractivity contribution in [3.05, 3.63) is 34.0 Å². The zero-order chi connectivity index (χ0) is 14.7. The lowest BCUT2D eigenvalue weighted by molar-refractivity contribution is 0.128. The Hall–Kier alpha value is -1.46. The lowest BCUT2D eigenvalue weighted by atomic mass is 10.1. The zero-order valence-electron chi connectivity index (χ0n) is 12.3. The van der Waals surface area contributed by atoms with Crippen molar-refractivity contribution < 1.29 is 4.74 Å². The second-order valence-electron chi connectivity index (χ2n) is 4.52. The number of hydrogen-bond donors (Lipinski definition) is 0. The third-order valence-electron chi connectivity index (χ3n) is 3.17. The Bertz CT molecular complexity index is 609. The van der Waals surface area contributed by atoms with Crippen molar-refractivity contribution in [2.24, 2.45) is 0 Å². The molecule has 2 aromatic rings. The van der Waals surface area contributed by atoms with Crippen molar-refractivity contribution in [1.29, 1.82) is 0 Å².